The van der Waals surface area contributed by atoms with Gasteiger partial charge in [-0.1, -0.05) is 11.8 Å². The lowest BCUT2D eigenvalue weighted by atomic mass is 10.2. The van der Waals surface area contributed by atoms with Gasteiger partial charge in [-0.25, -0.2) is 4.98 Å². The van der Waals surface area contributed by atoms with E-state index < -0.39 is 0 Å². The zero-order chi connectivity index (χ0) is 16.1. The van der Waals surface area contributed by atoms with Crippen molar-refractivity contribution in [2.24, 2.45) is 0 Å². The minimum Gasteiger partial charge on any atom is -0.336 e. The molecule has 122 valence electrons. The van der Waals surface area contributed by atoms with E-state index >= 15 is 0 Å². The Bertz CT molecular complexity index is 647. The number of carbonyl (C=O) groups is 1. The summed E-state index contributed by atoms with van der Waals surface area (Å²) in [6, 6.07) is 4.10. The minimum atomic E-state index is 0.0623. The Morgan fingerprint density at radius 2 is 2.09 bits per heavy atom. The number of thioether (sulfide) groups is 1. The molecular weight excluding hydrogens is 328 g/mol. The number of hydrogen-bond donors (Lipinski definition) is 0. The highest BCUT2D eigenvalue weighted by Gasteiger charge is 2.22. The van der Waals surface area contributed by atoms with Gasteiger partial charge in [-0.05, 0) is 30.4 Å². The lowest BCUT2D eigenvalue weighted by Crippen LogP contribution is -2.35. The first kappa shape index (κ1) is 16.4. The first-order chi connectivity index (χ1) is 11.3. The fourth-order valence-corrected chi connectivity index (χ4v) is 3.93. The van der Waals surface area contributed by atoms with E-state index in [4.69, 9.17) is 0 Å². The molecule has 23 heavy (non-hydrogen) atoms. The number of carbonyl (C=O) groups excluding carboxylic acids is 1. The largest absolute Gasteiger partial charge is 0.336 e. The normalized spacial score (nSPS) is 16.3. The monoisotopic (exact) mass is 348 g/mol. The van der Waals surface area contributed by atoms with E-state index in [1.807, 2.05) is 41.1 Å². The van der Waals surface area contributed by atoms with Gasteiger partial charge in [-0.15, -0.1) is 11.3 Å². The van der Waals surface area contributed by atoms with Gasteiger partial charge < -0.3 is 4.90 Å². The summed E-state index contributed by atoms with van der Waals surface area (Å²) >= 11 is 3.12. The van der Waals surface area contributed by atoms with Crippen molar-refractivity contribution < 1.29 is 4.79 Å². The topological polar surface area (TPSA) is 49.3 Å². The first-order valence-electron chi connectivity index (χ1n) is 7.66. The third-order valence-corrected chi connectivity index (χ3v) is 5.77. The van der Waals surface area contributed by atoms with E-state index in [2.05, 4.69) is 14.9 Å². The molecule has 0 radical (unpaired) electrons. The third kappa shape index (κ3) is 4.31. The average molecular weight is 348 g/mol. The Morgan fingerprint density at radius 3 is 2.83 bits per heavy atom. The van der Waals surface area contributed by atoms with Crippen molar-refractivity contribution in [3.63, 3.8) is 0 Å². The van der Waals surface area contributed by atoms with Crippen LogP contribution in [0, 0.1) is 0 Å². The summed E-state index contributed by atoms with van der Waals surface area (Å²) in [5.41, 5.74) is 1.85. The zero-order valence-corrected chi connectivity index (χ0v) is 14.8. The summed E-state index contributed by atoms with van der Waals surface area (Å²) in [5.74, 6) is 0.0623. The van der Waals surface area contributed by atoms with E-state index in [1.165, 1.54) is 16.9 Å². The number of thiazole rings is 1. The van der Waals surface area contributed by atoms with Gasteiger partial charge in [-0.3, -0.25) is 14.7 Å². The van der Waals surface area contributed by atoms with E-state index in [9.17, 15) is 4.79 Å². The molecule has 0 unspecified atom stereocenters. The van der Waals surface area contributed by atoms with Crippen molar-refractivity contribution in [2.75, 3.05) is 32.4 Å². The highest BCUT2D eigenvalue weighted by atomic mass is 32.2. The summed E-state index contributed by atoms with van der Waals surface area (Å²) < 4.78 is 0.947. The number of aromatic nitrogens is 2. The Morgan fingerprint density at radius 1 is 1.26 bits per heavy atom. The Balaban J connectivity index is 1.58. The zero-order valence-electron chi connectivity index (χ0n) is 13.1. The number of rotatable bonds is 4. The summed E-state index contributed by atoms with van der Waals surface area (Å²) in [6.45, 7) is 4.39. The molecule has 3 heterocycles. The fraction of sp³-hybridized carbons (Fsp3) is 0.438. The second kappa shape index (κ2) is 7.90. The van der Waals surface area contributed by atoms with Crippen molar-refractivity contribution in [3.05, 3.63) is 41.2 Å². The smallest absolute Gasteiger partial charge is 0.273 e. The van der Waals surface area contributed by atoms with E-state index in [0.29, 0.717) is 5.69 Å². The molecule has 0 aliphatic carbocycles. The molecule has 1 amide bonds. The third-order valence-electron chi connectivity index (χ3n) is 3.91. The van der Waals surface area contributed by atoms with Crippen LogP contribution < -0.4 is 0 Å². The number of amides is 1. The lowest BCUT2D eigenvalue weighted by molar-refractivity contribution is 0.0755. The molecule has 0 aromatic carbocycles. The molecule has 7 heteroatoms. The van der Waals surface area contributed by atoms with Crippen LogP contribution in [0.1, 0.15) is 22.5 Å². The maximum absolute atomic E-state index is 12.6. The van der Waals surface area contributed by atoms with Gasteiger partial charge in [0.1, 0.15) is 10.0 Å². The Kier molecular flexibility index (Phi) is 5.64. The van der Waals surface area contributed by atoms with E-state index in [-0.39, 0.29) is 5.91 Å². The predicted octanol–water partition coefficient (Wildman–Crippen LogP) is 2.61. The van der Waals surface area contributed by atoms with Crippen LogP contribution >= 0.6 is 23.1 Å². The first-order valence-corrected chi connectivity index (χ1v) is 9.77. The number of hydrogen-bond acceptors (Lipinski definition) is 6. The molecular formula is C16H20N4OS2. The van der Waals surface area contributed by atoms with Gasteiger partial charge >= 0.3 is 0 Å². The van der Waals surface area contributed by atoms with Crippen molar-refractivity contribution >= 4 is 29.0 Å². The quantitative estimate of drug-likeness (QED) is 0.795. The van der Waals surface area contributed by atoms with Gasteiger partial charge in [0.05, 0.1) is 0 Å². The molecule has 2 aromatic heterocycles. The molecule has 0 bridgehead atoms. The van der Waals surface area contributed by atoms with Gasteiger partial charge in [0, 0.05) is 50.5 Å². The fourth-order valence-electron chi connectivity index (χ4n) is 2.69. The molecule has 1 aliphatic rings. The predicted molar refractivity (Wildman–Crippen MR) is 93.9 cm³/mol. The van der Waals surface area contributed by atoms with Crippen LogP contribution in [0.25, 0.3) is 0 Å². The molecule has 5 nitrogen and oxygen atoms in total. The molecule has 1 saturated heterocycles. The van der Waals surface area contributed by atoms with Gasteiger partial charge in [0.25, 0.3) is 5.91 Å². The molecule has 0 N–H and O–H groups in total. The van der Waals surface area contributed by atoms with Crippen molar-refractivity contribution in [3.8, 4) is 0 Å². The van der Waals surface area contributed by atoms with E-state index in [1.54, 1.807) is 11.8 Å². The molecule has 2 aromatic rings. The summed E-state index contributed by atoms with van der Waals surface area (Å²) in [4.78, 5) is 25.4. The highest BCUT2D eigenvalue weighted by Crippen LogP contribution is 2.21. The Labute approximate surface area is 144 Å². The molecule has 1 aliphatic heterocycles. The van der Waals surface area contributed by atoms with E-state index in [0.717, 1.165) is 43.5 Å². The Hall–Kier alpha value is -1.44. The van der Waals surface area contributed by atoms with Crippen LogP contribution in [0.3, 0.4) is 0 Å². The van der Waals surface area contributed by atoms with Gasteiger partial charge in [0.2, 0.25) is 0 Å². The van der Waals surface area contributed by atoms with Crippen LogP contribution in [-0.2, 0) is 6.54 Å². The minimum absolute atomic E-state index is 0.0623. The molecule has 0 saturated carbocycles. The lowest BCUT2D eigenvalue weighted by Gasteiger charge is -2.21. The van der Waals surface area contributed by atoms with Gasteiger partial charge in [-0.2, -0.15) is 0 Å². The molecule has 1 fully saturated rings. The molecule has 3 rings (SSSR count). The number of nitrogens with zero attached hydrogens (tertiary/aromatic N) is 4. The van der Waals surface area contributed by atoms with Crippen LogP contribution in [0.2, 0.25) is 0 Å². The maximum Gasteiger partial charge on any atom is 0.273 e. The van der Waals surface area contributed by atoms with Crippen LogP contribution in [0.5, 0.6) is 0 Å². The van der Waals surface area contributed by atoms with Crippen molar-refractivity contribution in [2.45, 2.75) is 17.3 Å². The second-order valence-electron chi connectivity index (χ2n) is 5.48. The highest BCUT2D eigenvalue weighted by molar-refractivity contribution is 8.00. The number of pyridine rings is 1. The summed E-state index contributed by atoms with van der Waals surface area (Å²) in [5, 5.41) is 1.87. The van der Waals surface area contributed by atoms with Crippen LogP contribution in [-0.4, -0.2) is 58.1 Å². The van der Waals surface area contributed by atoms with Crippen LogP contribution in [0.4, 0.5) is 0 Å². The van der Waals surface area contributed by atoms with Gasteiger partial charge in [0.15, 0.2) is 0 Å². The summed E-state index contributed by atoms with van der Waals surface area (Å²) in [6.07, 6.45) is 6.63. The SMILES string of the molecule is CSc1nc(C(=O)N2CCCN(Cc3ccncc3)CC2)cs1. The van der Waals surface area contributed by atoms with Crippen LogP contribution in [0.15, 0.2) is 34.2 Å². The standard InChI is InChI=1S/C16H20N4OS2/c1-22-16-18-14(12-23-16)15(21)20-8-2-7-19(9-10-20)11-13-3-5-17-6-4-13/h3-6,12H,2,7-11H2,1H3. The molecule has 0 atom stereocenters. The summed E-state index contributed by atoms with van der Waals surface area (Å²) in [7, 11) is 0. The van der Waals surface area contributed by atoms with Crippen molar-refractivity contribution in [1.29, 1.82) is 0 Å². The average Bonchev–Trinajstić information content (AvgIpc) is 2.95. The second-order valence-corrected chi connectivity index (χ2v) is 7.39. The maximum atomic E-state index is 12.6. The molecule has 0 spiro atoms. The van der Waals surface area contributed by atoms with Crippen molar-refractivity contribution in [1.82, 2.24) is 19.8 Å².